The molecular weight excluding hydrogens is 448 g/mol. The Morgan fingerprint density at radius 2 is 1.64 bits per heavy atom. The fraction of sp³-hybridized carbons (Fsp3) is 0.344. The van der Waals surface area contributed by atoms with Crippen LogP contribution in [-0.4, -0.2) is 14.2 Å². The molecule has 36 heavy (non-hydrogen) atoms. The van der Waals surface area contributed by atoms with E-state index < -0.39 is 0 Å². The van der Waals surface area contributed by atoms with Gasteiger partial charge in [0.15, 0.2) is 5.43 Å². The second-order valence-corrected chi connectivity index (χ2v) is 10.0. The molecule has 1 aliphatic rings. The van der Waals surface area contributed by atoms with Crippen LogP contribution in [0.3, 0.4) is 0 Å². The van der Waals surface area contributed by atoms with E-state index in [2.05, 4.69) is 52.0 Å². The van der Waals surface area contributed by atoms with Crippen molar-refractivity contribution >= 4 is 11.0 Å². The van der Waals surface area contributed by atoms with Crippen LogP contribution in [0, 0.1) is 5.41 Å². The Morgan fingerprint density at radius 3 is 2.39 bits per heavy atom. The second-order valence-electron chi connectivity index (χ2n) is 10.0. The topological polar surface area (TPSA) is 48.7 Å². The highest BCUT2D eigenvalue weighted by Crippen LogP contribution is 2.27. The highest BCUT2D eigenvalue weighted by Gasteiger charge is 2.12. The summed E-state index contributed by atoms with van der Waals surface area (Å²) in [7, 11) is 3.17. The Labute approximate surface area is 214 Å². The number of ether oxygens (including phenoxy) is 2. The van der Waals surface area contributed by atoms with Gasteiger partial charge in [0.25, 0.3) is 0 Å². The number of methoxy groups -OCH3 is 2. The van der Waals surface area contributed by atoms with Crippen LogP contribution in [0.5, 0.6) is 11.5 Å². The monoisotopic (exact) mass is 486 g/mol. The Morgan fingerprint density at radius 1 is 0.889 bits per heavy atom. The lowest BCUT2D eigenvalue weighted by molar-refractivity contribution is 0.414. The van der Waals surface area contributed by atoms with E-state index in [1.54, 1.807) is 32.4 Å². The summed E-state index contributed by atoms with van der Waals surface area (Å²) in [6.07, 6.45) is 14.1. The van der Waals surface area contributed by atoms with Crippen molar-refractivity contribution in [3.63, 3.8) is 0 Å². The van der Waals surface area contributed by atoms with Gasteiger partial charge in [-0.25, -0.2) is 0 Å². The van der Waals surface area contributed by atoms with Crippen LogP contribution >= 0.6 is 0 Å². The van der Waals surface area contributed by atoms with E-state index in [0.717, 1.165) is 18.4 Å². The summed E-state index contributed by atoms with van der Waals surface area (Å²) >= 11 is 0. The van der Waals surface area contributed by atoms with Crippen LogP contribution in [0.2, 0.25) is 0 Å². The number of hydrogen-bond acceptors (Lipinski definition) is 4. The highest BCUT2D eigenvalue weighted by atomic mass is 16.5. The number of benzene rings is 2. The number of allylic oxidation sites excluding steroid dienone is 6. The van der Waals surface area contributed by atoms with Crippen LogP contribution in [0.15, 0.2) is 93.2 Å². The third-order valence-corrected chi connectivity index (χ3v) is 6.31. The first-order chi connectivity index (χ1) is 17.2. The van der Waals surface area contributed by atoms with Crippen molar-refractivity contribution in [1.29, 1.82) is 0 Å². The average Bonchev–Trinajstić information content (AvgIpc) is 2.89. The second kappa shape index (κ2) is 12.4. The van der Waals surface area contributed by atoms with Gasteiger partial charge in [0.2, 0.25) is 0 Å². The first kappa shape index (κ1) is 27.1. The minimum absolute atomic E-state index is 0.0864. The molecule has 0 N–H and O–H groups in total. The van der Waals surface area contributed by atoms with Gasteiger partial charge in [-0.2, -0.15) is 0 Å². The van der Waals surface area contributed by atoms with Crippen molar-refractivity contribution in [3.05, 3.63) is 94.2 Å². The fourth-order valence-corrected chi connectivity index (χ4v) is 3.98. The van der Waals surface area contributed by atoms with Crippen molar-refractivity contribution in [2.75, 3.05) is 14.2 Å². The Bertz CT molecular complexity index is 1320. The molecule has 0 aliphatic heterocycles. The lowest BCUT2D eigenvalue weighted by atomic mass is 9.87. The zero-order valence-electron chi connectivity index (χ0n) is 22.4. The van der Waals surface area contributed by atoms with Crippen LogP contribution < -0.4 is 14.9 Å². The van der Waals surface area contributed by atoms with Crippen LogP contribution in [-0.2, 0) is 0 Å². The molecule has 0 amide bonds. The maximum Gasteiger partial charge on any atom is 0.193 e. The van der Waals surface area contributed by atoms with E-state index in [9.17, 15) is 4.79 Å². The smallest absolute Gasteiger partial charge is 0.193 e. The number of fused-ring (bicyclic) bond motifs is 1. The summed E-state index contributed by atoms with van der Waals surface area (Å²) < 4.78 is 16.2. The van der Waals surface area contributed by atoms with E-state index in [0.29, 0.717) is 33.6 Å². The molecule has 4 heteroatoms. The van der Waals surface area contributed by atoms with Gasteiger partial charge < -0.3 is 13.9 Å². The largest absolute Gasteiger partial charge is 0.497 e. The Kier molecular flexibility index (Phi) is 9.35. The molecule has 0 bridgehead atoms. The third-order valence-electron chi connectivity index (χ3n) is 6.31. The van der Waals surface area contributed by atoms with Gasteiger partial charge in [0, 0.05) is 17.7 Å². The minimum atomic E-state index is -0.0864. The van der Waals surface area contributed by atoms with Crippen molar-refractivity contribution in [1.82, 2.24) is 0 Å². The molecule has 1 aliphatic carbocycles. The predicted molar refractivity (Wildman–Crippen MR) is 150 cm³/mol. The first-order valence-electron chi connectivity index (χ1n) is 12.5. The van der Waals surface area contributed by atoms with E-state index in [1.807, 2.05) is 24.3 Å². The number of rotatable bonds is 3. The van der Waals surface area contributed by atoms with Gasteiger partial charge in [-0.3, -0.25) is 4.79 Å². The maximum atomic E-state index is 12.2. The van der Waals surface area contributed by atoms with Gasteiger partial charge in [0.05, 0.1) is 19.6 Å². The van der Waals surface area contributed by atoms with Gasteiger partial charge in [0.1, 0.15) is 22.8 Å². The molecular formula is C32H38O4. The van der Waals surface area contributed by atoms with E-state index in [4.69, 9.17) is 13.9 Å². The zero-order valence-corrected chi connectivity index (χ0v) is 22.4. The Balaban J connectivity index is 0.000000214. The molecule has 190 valence electrons. The molecule has 0 fully saturated rings. The molecule has 1 aromatic heterocycles. The zero-order chi connectivity index (χ0) is 26.1. The molecule has 0 unspecified atom stereocenters. The molecule has 4 rings (SSSR count). The summed E-state index contributed by atoms with van der Waals surface area (Å²) in [5.74, 6) is 1.86. The van der Waals surface area contributed by atoms with Crippen LogP contribution in [0.25, 0.3) is 22.3 Å². The molecule has 0 saturated carbocycles. The lowest BCUT2D eigenvalue weighted by Crippen LogP contribution is -2.05. The fourth-order valence-electron chi connectivity index (χ4n) is 3.98. The molecule has 0 spiro atoms. The van der Waals surface area contributed by atoms with E-state index in [1.165, 1.54) is 30.1 Å². The molecule has 3 aromatic rings. The van der Waals surface area contributed by atoms with E-state index >= 15 is 0 Å². The molecule has 2 aromatic carbocycles. The SMILES string of the molecule is CC1=CCCC(C)=CCC(C)(C)C=CC1.COc1cccc(-c2cc(=O)c3ccc(OC)cc3o2)c1. The Hall–Kier alpha value is -3.53. The summed E-state index contributed by atoms with van der Waals surface area (Å²) in [5, 5.41) is 0.530. The molecule has 0 radical (unpaired) electrons. The average molecular weight is 487 g/mol. The summed E-state index contributed by atoms with van der Waals surface area (Å²) in [6.45, 7) is 9.10. The summed E-state index contributed by atoms with van der Waals surface area (Å²) in [6, 6.07) is 14.0. The van der Waals surface area contributed by atoms with Crippen LogP contribution in [0.4, 0.5) is 0 Å². The summed E-state index contributed by atoms with van der Waals surface area (Å²) in [4.78, 5) is 12.2. The van der Waals surface area contributed by atoms with Gasteiger partial charge in [-0.1, -0.05) is 61.4 Å². The molecule has 1 heterocycles. The van der Waals surface area contributed by atoms with Crippen molar-refractivity contribution < 1.29 is 13.9 Å². The quantitative estimate of drug-likeness (QED) is 0.348. The molecule has 0 saturated heterocycles. The predicted octanol–water partition coefficient (Wildman–Crippen LogP) is 8.51. The molecule has 4 nitrogen and oxygen atoms in total. The van der Waals surface area contributed by atoms with Crippen molar-refractivity contribution in [2.24, 2.45) is 5.41 Å². The van der Waals surface area contributed by atoms with E-state index in [-0.39, 0.29) is 5.43 Å². The first-order valence-corrected chi connectivity index (χ1v) is 12.5. The van der Waals surface area contributed by atoms with Gasteiger partial charge in [-0.15, -0.1) is 0 Å². The highest BCUT2D eigenvalue weighted by molar-refractivity contribution is 5.80. The van der Waals surface area contributed by atoms with Crippen molar-refractivity contribution in [3.8, 4) is 22.8 Å². The lowest BCUT2D eigenvalue weighted by Gasteiger charge is -2.18. The standard InChI is InChI=1S/C17H14O4.C15H24/c1-19-12-5-3-4-11(8-12)16-10-15(18)14-7-6-13(20-2)9-17(14)21-16;1-13-7-5-8-14(2)10-12-15(3,4)11-6-9-13/h3-10H,1-2H3;6-7,10-11H,5,8-9,12H2,1-4H3. The third kappa shape index (κ3) is 7.74. The molecule has 0 atom stereocenters. The van der Waals surface area contributed by atoms with Gasteiger partial charge in [-0.05, 0) is 69.2 Å². The normalized spacial score (nSPS) is 15.6. The van der Waals surface area contributed by atoms with Gasteiger partial charge >= 0.3 is 0 Å². The maximum absolute atomic E-state index is 12.2. The summed E-state index contributed by atoms with van der Waals surface area (Å²) in [5.41, 5.74) is 4.54. The van der Waals surface area contributed by atoms with Crippen molar-refractivity contribution in [2.45, 2.75) is 53.4 Å². The minimum Gasteiger partial charge on any atom is -0.497 e. The number of hydrogen-bond donors (Lipinski definition) is 0. The van der Waals surface area contributed by atoms with Crippen LogP contribution in [0.1, 0.15) is 53.4 Å².